The molecule has 26 heavy (non-hydrogen) atoms. The Labute approximate surface area is 154 Å². The van der Waals surface area contributed by atoms with Gasteiger partial charge >= 0.3 is 0 Å². The molecule has 2 N–H and O–H groups in total. The lowest BCUT2D eigenvalue weighted by atomic mass is 10.1. The highest BCUT2D eigenvalue weighted by Crippen LogP contribution is 2.24. The van der Waals surface area contributed by atoms with Crippen LogP contribution in [0.5, 0.6) is 5.75 Å². The summed E-state index contributed by atoms with van der Waals surface area (Å²) in [5.41, 5.74) is 2.38. The summed E-state index contributed by atoms with van der Waals surface area (Å²) in [4.78, 5) is 14.5. The van der Waals surface area contributed by atoms with Gasteiger partial charge in [-0.3, -0.25) is 4.79 Å². The van der Waals surface area contributed by atoms with Crippen LogP contribution in [0.15, 0.2) is 60.3 Å². The van der Waals surface area contributed by atoms with E-state index in [0.29, 0.717) is 12.2 Å². The number of nitriles is 1. The van der Waals surface area contributed by atoms with Gasteiger partial charge in [0.05, 0.1) is 5.69 Å². The number of aryl methyl sites for hydroxylation is 1. The van der Waals surface area contributed by atoms with Gasteiger partial charge in [0.1, 0.15) is 17.4 Å². The predicted octanol–water partition coefficient (Wildman–Crippen LogP) is 3.96. The molecule has 0 atom stereocenters. The van der Waals surface area contributed by atoms with E-state index in [-0.39, 0.29) is 23.3 Å². The summed E-state index contributed by atoms with van der Waals surface area (Å²) in [6.07, 6.45) is 1.34. The molecule has 0 saturated carbocycles. The van der Waals surface area contributed by atoms with E-state index in [2.05, 4.69) is 5.32 Å². The van der Waals surface area contributed by atoms with E-state index in [1.165, 1.54) is 6.20 Å². The number of rotatable bonds is 6. The van der Waals surface area contributed by atoms with Crippen LogP contribution >= 0.6 is 0 Å². The fraction of sp³-hybridized carbons (Fsp3) is 0.238. The molecule has 2 aromatic rings. The number of hydrogen-bond acceptors (Lipinski definition) is 4. The summed E-state index contributed by atoms with van der Waals surface area (Å²) >= 11 is 0. The molecule has 1 amide bonds. The number of hydrogen-bond donors (Lipinski definition) is 2. The second kappa shape index (κ2) is 8.72. The molecule has 0 unspecified atom stereocenters. The van der Waals surface area contributed by atoms with Crippen molar-refractivity contribution in [1.82, 2.24) is 4.90 Å². The maximum Gasteiger partial charge on any atom is 0.266 e. The Balaban J connectivity index is 2.21. The van der Waals surface area contributed by atoms with Gasteiger partial charge < -0.3 is 15.3 Å². The lowest BCUT2D eigenvalue weighted by Crippen LogP contribution is -2.37. The number of phenolic OH excluding ortho intramolecular Hbond substituents is 1. The number of aromatic hydroxyl groups is 1. The minimum absolute atomic E-state index is 0.0180. The monoisotopic (exact) mass is 349 g/mol. The smallest absolute Gasteiger partial charge is 0.266 e. The largest absolute Gasteiger partial charge is 0.506 e. The van der Waals surface area contributed by atoms with Crippen molar-refractivity contribution in [3.8, 4) is 11.8 Å². The average Bonchev–Trinajstić information content (AvgIpc) is 2.63. The summed E-state index contributed by atoms with van der Waals surface area (Å²) in [6.45, 7) is 6.14. The van der Waals surface area contributed by atoms with Crippen molar-refractivity contribution in [2.45, 2.75) is 33.4 Å². The summed E-state index contributed by atoms with van der Waals surface area (Å²) in [6, 6.07) is 16.6. The Morgan fingerprint density at radius 2 is 1.96 bits per heavy atom. The second-order valence-electron chi connectivity index (χ2n) is 6.35. The molecule has 0 aliphatic rings. The molecule has 0 saturated heterocycles. The Morgan fingerprint density at radius 1 is 1.27 bits per heavy atom. The zero-order valence-corrected chi connectivity index (χ0v) is 15.2. The topological polar surface area (TPSA) is 76.4 Å². The standard InChI is InChI=1S/C21H23N3O2/c1-15(2)24(14-17-7-5-4-6-8-17)21(26)18(12-22)13-23-19-11-16(3)9-10-20(19)25/h4-11,13,15,23,25H,14H2,1-3H3/b18-13-. The van der Waals surface area contributed by atoms with E-state index in [0.717, 1.165) is 11.1 Å². The van der Waals surface area contributed by atoms with Crippen LogP contribution in [0.25, 0.3) is 0 Å². The summed E-state index contributed by atoms with van der Waals surface area (Å²) in [5.74, 6) is -0.299. The molecule has 0 aliphatic carbocycles. The number of carbonyl (C=O) groups is 1. The number of nitrogens with one attached hydrogen (secondary N) is 1. The Hall–Kier alpha value is -3.26. The molecule has 134 valence electrons. The van der Waals surface area contributed by atoms with Crippen LogP contribution in [0.2, 0.25) is 0 Å². The molecule has 0 aromatic heterocycles. The summed E-state index contributed by atoms with van der Waals surface area (Å²) in [7, 11) is 0. The van der Waals surface area contributed by atoms with Gasteiger partial charge in [-0.2, -0.15) is 5.26 Å². The highest BCUT2D eigenvalue weighted by molar-refractivity contribution is 5.97. The lowest BCUT2D eigenvalue weighted by molar-refractivity contribution is -0.129. The van der Waals surface area contributed by atoms with E-state index in [1.807, 2.05) is 57.2 Å². The van der Waals surface area contributed by atoms with E-state index in [9.17, 15) is 15.2 Å². The second-order valence-corrected chi connectivity index (χ2v) is 6.35. The van der Waals surface area contributed by atoms with E-state index in [1.54, 1.807) is 23.1 Å². The first-order chi connectivity index (χ1) is 12.4. The van der Waals surface area contributed by atoms with Crippen LogP contribution in [0.4, 0.5) is 5.69 Å². The number of carbonyl (C=O) groups excluding carboxylic acids is 1. The van der Waals surface area contributed by atoms with Gasteiger partial charge in [-0.1, -0.05) is 36.4 Å². The van der Waals surface area contributed by atoms with Crippen LogP contribution in [0.3, 0.4) is 0 Å². The Bertz CT molecular complexity index is 836. The third-order valence-corrected chi connectivity index (χ3v) is 3.95. The number of benzene rings is 2. The van der Waals surface area contributed by atoms with Crippen molar-refractivity contribution < 1.29 is 9.90 Å². The van der Waals surface area contributed by atoms with E-state index < -0.39 is 0 Å². The van der Waals surface area contributed by atoms with Gasteiger partial charge in [0.15, 0.2) is 0 Å². The predicted molar refractivity (Wildman–Crippen MR) is 102 cm³/mol. The average molecular weight is 349 g/mol. The van der Waals surface area contributed by atoms with Crippen molar-refractivity contribution in [2.75, 3.05) is 5.32 Å². The van der Waals surface area contributed by atoms with Gasteiger partial charge in [-0.25, -0.2) is 0 Å². The normalized spacial score (nSPS) is 11.1. The number of anilines is 1. The minimum atomic E-state index is -0.356. The number of amides is 1. The highest BCUT2D eigenvalue weighted by atomic mass is 16.3. The van der Waals surface area contributed by atoms with E-state index >= 15 is 0 Å². The van der Waals surface area contributed by atoms with Crippen LogP contribution in [0.1, 0.15) is 25.0 Å². The van der Waals surface area contributed by atoms with Gasteiger partial charge in [0, 0.05) is 18.8 Å². The van der Waals surface area contributed by atoms with Crippen LogP contribution in [0, 0.1) is 18.3 Å². The molecule has 5 heteroatoms. The molecule has 0 aliphatic heterocycles. The zero-order chi connectivity index (χ0) is 19.1. The Kier molecular flexibility index (Phi) is 6.40. The maximum atomic E-state index is 12.8. The van der Waals surface area contributed by atoms with Crippen molar-refractivity contribution in [2.24, 2.45) is 0 Å². The first-order valence-electron chi connectivity index (χ1n) is 8.43. The molecule has 0 fully saturated rings. The van der Waals surface area contributed by atoms with Crippen LogP contribution < -0.4 is 5.32 Å². The first-order valence-corrected chi connectivity index (χ1v) is 8.43. The first kappa shape index (κ1) is 19.1. The molecule has 2 aromatic carbocycles. The fourth-order valence-electron chi connectivity index (χ4n) is 2.48. The fourth-order valence-corrected chi connectivity index (χ4v) is 2.48. The quantitative estimate of drug-likeness (QED) is 0.470. The highest BCUT2D eigenvalue weighted by Gasteiger charge is 2.21. The van der Waals surface area contributed by atoms with Crippen LogP contribution in [-0.4, -0.2) is 22.0 Å². The van der Waals surface area contributed by atoms with Crippen molar-refractivity contribution >= 4 is 11.6 Å². The van der Waals surface area contributed by atoms with Gasteiger partial charge in [-0.15, -0.1) is 0 Å². The molecule has 2 rings (SSSR count). The summed E-state index contributed by atoms with van der Waals surface area (Å²) < 4.78 is 0. The number of nitrogens with zero attached hydrogens (tertiary/aromatic N) is 2. The number of phenols is 1. The molecule has 5 nitrogen and oxygen atoms in total. The van der Waals surface area contributed by atoms with Crippen molar-refractivity contribution in [1.29, 1.82) is 5.26 Å². The molecule has 0 bridgehead atoms. The Morgan fingerprint density at radius 3 is 2.58 bits per heavy atom. The van der Waals surface area contributed by atoms with E-state index in [4.69, 9.17) is 0 Å². The molecule has 0 radical (unpaired) electrons. The van der Waals surface area contributed by atoms with Crippen molar-refractivity contribution in [3.05, 3.63) is 71.4 Å². The molecular weight excluding hydrogens is 326 g/mol. The third kappa shape index (κ3) is 4.87. The minimum Gasteiger partial charge on any atom is -0.506 e. The molecule has 0 spiro atoms. The van der Waals surface area contributed by atoms with Crippen LogP contribution in [-0.2, 0) is 11.3 Å². The zero-order valence-electron chi connectivity index (χ0n) is 15.2. The molecular formula is C21H23N3O2. The third-order valence-electron chi connectivity index (χ3n) is 3.95. The maximum absolute atomic E-state index is 12.8. The molecule has 0 heterocycles. The summed E-state index contributed by atoms with van der Waals surface area (Å²) in [5, 5.41) is 22.2. The SMILES string of the molecule is Cc1ccc(O)c(N/C=C(/C#N)C(=O)N(Cc2ccccc2)C(C)C)c1. The van der Waals surface area contributed by atoms with Crippen molar-refractivity contribution in [3.63, 3.8) is 0 Å². The van der Waals surface area contributed by atoms with Gasteiger partial charge in [0.2, 0.25) is 0 Å². The van der Waals surface area contributed by atoms with Gasteiger partial charge in [-0.05, 0) is 44.0 Å². The lowest BCUT2D eigenvalue weighted by Gasteiger charge is -2.26. The van der Waals surface area contributed by atoms with Gasteiger partial charge in [0.25, 0.3) is 5.91 Å².